The summed E-state index contributed by atoms with van der Waals surface area (Å²) in [6, 6.07) is 3.84. The zero-order chi connectivity index (χ0) is 15.4. The maximum absolute atomic E-state index is 13.8. The minimum atomic E-state index is -1.06. The lowest BCUT2D eigenvalue weighted by atomic mass is 9.93. The number of halogens is 1. The molecule has 0 spiro atoms. The third-order valence-corrected chi connectivity index (χ3v) is 3.88. The second kappa shape index (κ2) is 6.67. The van der Waals surface area contributed by atoms with E-state index in [1.54, 1.807) is 0 Å². The van der Waals surface area contributed by atoms with Crippen LogP contribution in [0.3, 0.4) is 0 Å². The van der Waals surface area contributed by atoms with Crippen molar-refractivity contribution in [3.8, 4) is 0 Å². The summed E-state index contributed by atoms with van der Waals surface area (Å²) >= 11 is 0. The molecule has 1 fully saturated rings. The van der Waals surface area contributed by atoms with Crippen LogP contribution >= 0.6 is 0 Å². The number of carboxylic acid groups (broad SMARTS) is 1. The summed E-state index contributed by atoms with van der Waals surface area (Å²) < 4.78 is 13.8. The summed E-state index contributed by atoms with van der Waals surface area (Å²) in [6.45, 7) is 1.90. The van der Waals surface area contributed by atoms with Gasteiger partial charge < -0.3 is 10.8 Å². The van der Waals surface area contributed by atoms with Gasteiger partial charge in [-0.25, -0.2) is 9.18 Å². The highest BCUT2D eigenvalue weighted by Crippen LogP contribution is 2.22. The number of amides is 1. The number of primary amides is 1. The average molecular weight is 294 g/mol. The number of likely N-dealkylation sites (tertiary alicyclic amines) is 1. The number of rotatable bonds is 5. The predicted octanol–water partition coefficient (Wildman–Crippen LogP) is 1.61. The van der Waals surface area contributed by atoms with E-state index in [1.165, 1.54) is 18.2 Å². The second-order valence-corrected chi connectivity index (χ2v) is 5.50. The molecule has 6 heteroatoms. The second-order valence-electron chi connectivity index (χ2n) is 5.50. The molecule has 0 unspecified atom stereocenters. The minimum absolute atomic E-state index is 0.0926. The van der Waals surface area contributed by atoms with Gasteiger partial charge in [-0.3, -0.25) is 9.69 Å². The highest BCUT2D eigenvalue weighted by Gasteiger charge is 2.21. The third kappa shape index (κ3) is 4.26. The number of aromatic carboxylic acids is 1. The molecule has 0 atom stereocenters. The van der Waals surface area contributed by atoms with E-state index in [0.29, 0.717) is 24.4 Å². The number of piperidine rings is 1. The molecule has 1 aliphatic heterocycles. The Bertz CT molecular complexity index is 540. The maximum atomic E-state index is 13.8. The smallest absolute Gasteiger partial charge is 0.335 e. The van der Waals surface area contributed by atoms with Crippen LogP contribution in [0.5, 0.6) is 0 Å². The van der Waals surface area contributed by atoms with Crippen molar-refractivity contribution < 1.29 is 19.1 Å². The van der Waals surface area contributed by atoms with E-state index in [9.17, 15) is 14.0 Å². The Labute approximate surface area is 122 Å². The van der Waals surface area contributed by atoms with Crippen molar-refractivity contribution in [2.24, 2.45) is 11.7 Å². The molecule has 1 aromatic rings. The number of nitrogens with two attached hydrogens (primary N) is 1. The standard InChI is InChI=1S/C15H19FN2O3/c16-13-2-1-11(15(20)21)8-12(13)9-18-5-3-10(4-6-18)7-14(17)19/h1-2,8,10H,3-7,9H2,(H2,17,19)(H,20,21). The fourth-order valence-electron chi connectivity index (χ4n) is 2.70. The molecule has 1 aromatic carbocycles. The molecule has 2 rings (SSSR count). The minimum Gasteiger partial charge on any atom is -0.478 e. The largest absolute Gasteiger partial charge is 0.478 e. The fourth-order valence-corrected chi connectivity index (χ4v) is 2.70. The molecular formula is C15H19FN2O3. The maximum Gasteiger partial charge on any atom is 0.335 e. The van der Waals surface area contributed by atoms with Crippen LogP contribution < -0.4 is 5.73 Å². The fraction of sp³-hybridized carbons (Fsp3) is 0.467. The Morgan fingerprint density at radius 2 is 2.00 bits per heavy atom. The lowest BCUT2D eigenvalue weighted by Crippen LogP contribution is -2.34. The Balaban J connectivity index is 1.95. The van der Waals surface area contributed by atoms with Gasteiger partial charge in [-0.05, 0) is 50.0 Å². The first-order chi connectivity index (χ1) is 9.95. The molecular weight excluding hydrogens is 275 g/mol. The summed E-state index contributed by atoms with van der Waals surface area (Å²) in [6.07, 6.45) is 2.10. The van der Waals surface area contributed by atoms with E-state index in [1.807, 2.05) is 0 Å². The van der Waals surface area contributed by atoms with Crippen LogP contribution in [-0.4, -0.2) is 35.0 Å². The first-order valence-corrected chi connectivity index (χ1v) is 6.98. The van der Waals surface area contributed by atoms with Gasteiger partial charge in [0, 0.05) is 18.5 Å². The van der Waals surface area contributed by atoms with E-state index < -0.39 is 5.97 Å². The monoisotopic (exact) mass is 294 g/mol. The van der Waals surface area contributed by atoms with Gasteiger partial charge >= 0.3 is 5.97 Å². The van der Waals surface area contributed by atoms with Crippen molar-refractivity contribution >= 4 is 11.9 Å². The van der Waals surface area contributed by atoms with Gasteiger partial charge in [-0.1, -0.05) is 0 Å². The van der Waals surface area contributed by atoms with Gasteiger partial charge in [0.05, 0.1) is 5.56 Å². The number of carbonyl (C=O) groups is 2. The predicted molar refractivity (Wildman–Crippen MR) is 75.2 cm³/mol. The van der Waals surface area contributed by atoms with Crippen LogP contribution in [0.15, 0.2) is 18.2 Å². The number of benzene rings is 1. The summed E-state index contributed by atoms with van der Waals surface area (Å²) in [4.78, 5) is 23.9. The number of carbonyl (C=O) groups excluding carboxylic acids is 1. The Morgan fingerprint density at radius 1 is 1.33 bits per heavy atom. The third-order valence-electron chi connectivity index (χ3n) is 3.88. The number of hydrogen-bond donors (Lipinski definition) is 2. The molecule has 1 aliphatic rings. The van der Waals surface area contributed by atoms with Crippen LogP contribution in [0.4, 0.5) is 4.39 Å². The molecule has 5 nitrogen and oxygen atoms in total. The summed E-state index contributed by atoms with van der Waals surface area (Å²) in [7, 11) is 0. The Morgan fingerprint density at radius 3 is 2.57 bits per heavy atom. The molecule has 0 aliphatic carbocycles. The quantitative estimate of drug-likeness (QED) is 0.864. The van der Waals surface area contributed by atoms with Crippen molar-refractivity contribution in [2.75, 3.05) is 13.1 Å². The van der Waals surface area contributed by atoms with Gasteiger partial charge in [-0.2, -0.15) is 0 Å². The molecule has 1 heterocycles. The Hall–Kier alpha value is -1.95. The van der Waals surface area contributed by atoms with Crippen LogP contribution in [0.2, 0.25) is 0 Å². The lowest BCUT2D eigenvalue weighted by molar-refractivity contribution is -0.119. The first-order valence-electron chi connectivity index (χ1n) is 6.98. The van der Waals surface area contributed by atoms with Crippen LogP contribution in [0.1, 0.15) is 35.2 Å². The summed E-state index contributed by atoms with van der Waals surface area (Å²) in [5.41, 5.74) is 5.67. The van der Waals surface area contributed by atoms with E-state index in [4.69, 9.17) is 10.8 Å². The van der Waals surface area contributed by atoms with Gasteiger partial charge in [0.25, 0.3) is 0 Å². The molecule has 3 N–H and O–H groups in total. The van der Waals surface area contributed by atoms with Crippen molar-refractivity contribution in [3.63, 3.8) is 0 Å². The number of carboxylic acids is 1. The topological polar surface area (TPSA) is 83.6 Å². The van der Waals surface area contributed by atoms with Crippen molar-refractivity contribution in [2.45, 2.75) is 25.8 Å². The molecule has 1 saturated heterocycles. The first kappa shape index (κ1) is 15.4. The SMILES string of the molecule is NC(=O)CC1CCN(Cc2cc(C(=O)O)ccc2F)CC1. The molecule has 0 radical (unpaired) electrons. The number of nitrogens with zero attached hydrogens (tertiary/aromatic N) is 1. The molecule has 21 heavy (non-hydrogen) atoms. The normalized spacial score (nSPS) is 16.8. The average Bonchev–Trinajstić information content (AvgIpc) is 2.42. The molecule has 0 bridgehead atoms. The van der Waals surface area contributed by atoms with Crippen molar-refractivity contribution in [1.29, 1.82) is 0 Å². The van der Waals surface area contributed by atoms with E-state index in [0.717, 1.165) is 25.9 Å². The zero-order valence-corrected chi connectivity index (χ0v) is 11.7. The van der Waals surface area contributed by atoms with Crippen LogP contribution in [0, 0.1) is 11.7 Å². The highest BCUT2D eigenvalue weighted by atomic mass is 19.1. The summed E-state index contributed by atoms with van der Waals surface area (Å²) in [5, 5.41) is 8.94. The van der Waals surface area contributed by atoms with Crippen molar-refractivity contribution in [3.05, 3.63) is 35.1 Å². The molecule has 114 valence electrons. The lowest BCUT2D eigenvalue weighted by Gasteiger charge is -2.31. The van der Waals surface area contributed by atoms with Gasteiger partial charge in [-0.15, -0.1) is 0 Å². The van der Waals surface area contributed by atoms with Gasteiger partial charge in [0.15, 0.2) is 0 Å². The van der Waals surface area contributed by atoms with E-state index in [-0.39, 0.29) is 17.3 Å². The molecule has 1 amide bonds. The van der Waals surface area contributed by atoms with Crippen molar-refractivity contribution in [1.82, 2.24) is 4.90 Å². The van der Waals surface area contributed by atoms with E-state index >= 15 is 0 Å². The van der Waals surface area contributed by atoms with Crippen LogP contribution in [0.25, 0.3) is 0 Å². The van der Waals surface area contributed by atoms with Crippen LogP contribution in [-0.2, 0) is 11.3 Å². The number of hydrogen-bond acceptors (Lipinski definition) is 3. The molecule has 0 saturated carbocycles. The summed E-state index contributed by atoms with van der Waals surface area (Å²) in [5.74, 6) is -1.43. The van der Waals surface area contributed by atoms with Gasteiger partial charge in [0.1, 0.15) is 5.82 Å². The molecule has 0 aromatic heterocycles. The van der Waals surface area contributed by atoms with Gasteiger partial charge in [0.2, 0.25) is 5.91 Å². The van der Waals surface area contributed by atoms with E-state index in [2.05, 4.69) is 4.90 Å². The Kier molecular flexibility index (Phi) is 4.90. The highest BCUT2D eigenvalue weighted by molar-refractivity contribution is 5.87. The zero-order valence-electron chi connectivity index (χ0n) is 11.7.